The number of thioether (sulfide) groups is 1. The van der Waals surface area contributed by atoms with Crippen molar-refractivity contribution in [3.8, 4) is 0 Å². The van der Waals surface area contributed by atoms with E-state index in [1.54, 1.807) is 16.7 Å². The van der Waals surface area contributed by atoms with Crippen LogP contribution in [-0.2, 0) is 9.59 Å². The van der Waals surface area contributed by atoms with Gasteiger partial charge in [0.1, 0.15) is 6.04 Å². The standard InChI is InChI=1S/C21H35NO3S/c1-15(2)6-5-7-17-10-12-21(13-11-17)22(18(14-26-21)20(24)25)19(23)9-8-16(3)4/h7,15-16,18H,5-6,8-14H2,1-4H3,(H,24,25). The molecule has 1 unspecified atom stereocenters. The summed E-state index contributed by atoms with van der Waals surface area (Å²) in [6.45, 7) is 8.70. The van der Waals surface area contributed by atoms with Crippen molar-refractivity contribution in [2.75, 3.05) is 5.75 Å². The maximum atomic E-state index is 12.9. The van der Waals surface area contributed by atoms with Crippen molar-refractivity contribution in [3.05, 3.63) is 11.6 Å². The molecule has 1 atom stereocenters. The third-order valence-corrected chi connectivity index (χ3v) is 7.23. The van der Waals surface area contributed by atoms with E-state index in [9.17, 15) is 14.7 Å². The van der Waals surface area contributed by atoms with Crippen molar-refractivity contribution < 1.29 is 14.7 Å². The second kappa shape index (κ2) is 9.29. The minimum atomic E-state index is -0.856. The molecule has 1 amide bonds. The molecule has 0 aromatic rings. The van der Waals surface area contributed by atoms with Crippen LogP contribution in [0.4, 0.5) is 0 Å². The molecule has 2 aliphatic rings. The van der Waals surface area contributed by atoms with Gasteiger partial charge in [-0.25, -0.2) is 4.79 Å². The minimum Gasteiger partial charge on any atom is -0.480 e. The van der Waals surface area contributed by atoms with Crippen LogP contribution in [0.25, 0.3) is 0 Å². The first-order chi connectivity index (χ1) is 12.2. The Morgan fingerprint density at radius 3 is 2.35 bits per heavy atom. The molecule has 0 radical (unpaired) electrons. The summed E-state index contributed by atoms with van der Waals surface area (Å²) < 4.78 is 0. The zero-order valence-corrected chi connectivity index (χ0v) is 17.6. The van der Waals surface area contributed by atoms with Crippen molar-refractivity contribution >= 4 is 23.6 Å². The molecule has 2 rings (SSSR count). The highest BCUT2D eigenvalue weighted by Gasteiger charge is 2.52. The number of aliphatic carboxylic acids is 1. The van der Waals surface area contributed by atoms with Gasteiger partial charge in [-0.3, -0.25) is 4.79 Å². The second-order valence-electron chi connectivity index (χ2n) is 8.64. The molecule has 4 nitrogen and oxygen atoms in total. The number of carboxylic acids is 1. The highest BCUT2D eigenvalue weighted by Crippen LogP contribution is 2.50. The maximum absolute atomic E-state index is 12.9. The number of carbonyl (C=O) groups is 2. The lowest BCUT2D eigenvalue weighted by molar-refractivity contribution is -0.152. The minimum absolute atomic E-state index is 0.0309. The van der Waals surface area contributed by atoms with Gasteiger partial charge in [0.25, 0.3) is 0 Å². The highest BCUT2D eigenvalue weighted by molar-refractivity contribution is 8.01. The van der Waals surface area contributed by atoms with Gasteiger partial charge in [0.2, 0.25) is 5.91 Å². The zero-order valence-electron chi connectivity index (χ0n) is 16.8. The van der Waals surface area contributed by atoms with E-state index < -0.39 is 12.0 Å². The van der Waals surface area contributed by atoms with E-state index in [0.717, 1.165) is 44.4 Å². The van der Waals surface area contributed by atoms with Gasteiger partial charge in [-0.05, 0) is 56.8 Å². The van der Waals surface area contributed by atoms with Crippen LogP contribution in [0.3, 0.4) is 0 Å². The summed E-state index contributed by atoms with van der Waals surface area (Å²) in [6, 6.07) is -0.661. The summed E-state index contributed by atoms with van der Waals surface area (Å²) >= 11 is 1.70. The Bertz CT molecular complexity index is 531. The number of hydrogen-bond donors (Lipinski definition) is 1. The molecule has 0 aromatic heterocycles. The Morgan fingerprint density at radius 1 is 1.19 bits per heavy atom. The fraction of sp³-hybridized carbons (Fsp3) is 0.810. The monoisotopic (exact) mass is 381 g/mol. The molecular weight excluding hydrogens is 346 g/mol. The fourth-order valence-electron chi connectivity index (χ4n) is 3.95. The average Bonchev–Trinajstić information content (AvgIpc) is 2.93. The summed E-state index contributed by atoms with van der Waals surface area (Å²) in [6.07, 6.45) is 9.77. The summed E-state index contributed by atoms with van der Waals surface area (Å²) in [7, 11) is 0. The van der Waals surface area contributed by atoms with E-state index in [2.05, 4.69) is 33.8 Å². The van der Waals surface area contributed by atoms with Crippen LogP contribution in [0.15, 0.2) is 11.6 Å². The molecular formula is C21H35NO3S. The van der Waals surface area contributed by atoms with Crippen molar-refractivity contribution in [1.82, 2.24) is 4.90 Å². The van der Waals surface area contributed by atoms with E-state index in [0.29, 0.717) is 18.1 Å². The molecule has 1 saturated carbocycles. The van der Waals surface area contributed by atoms with Crippen molar-refractivity contribution in [2.24, 2.45) is 11.8 Å². The first-order valence-corrected chi connectivity index (χ1v) is 11.1. The summed E-state index contributed by atoms with van der Waals surface area (Å²) in [5.41, 5.74) is 1.49. The molecule has 0 aromatic carbocycles. The topological polar surface area (TPSA) is 57.6 Å². The fourth-order valence-corrected chi connectivity index (χ4v) is 5.57. The lowest BCUT2D eigenvalue weighted by Gasteiger charge is -2.42. The smallest absolute Gasteiger partial charge is 0.327 e. The lowest BCUT2D eigenvalue weighted by Crippen LogP contribution is -2.53. The van der Waals surface area contributed by atoms with Gasteiger partial charge < -0.3 is 10.0 Å². The van der Waals surface area contributed by atoms with Crippen molar-refractivity contribution in [3.63, 3.8) is 0 Å². The van der Waals surface area contributed by atoms with E-state index >= 15 is 0 Å². The van der Waals surface area contributed by atoms with Gasteiger partial charge in [0, 0.05) is 12.2 Å². The molecule has 2 fully saturated rings. The average molecular weight is 382 g/mol. The molecule has 5 heteroatoms. The Hall–Kier alpha value is -0.970. The van der Waals surface area contributed by atoms with E-state index in [1.807, 2.05) is 0 Å². The second-order valence-corrected chi connectivity index (χ2v) is 10.0. The zero-order chi connectivity index (χ0) is 19.3. The molecule has 1 heterocycles. The van der Waals surface area contributed by atoms with Gasteiger partial charge in [-0.15, -0.1) is 11.8 Å². The third kappa shape index (κ3) is 5.28. The number of carbonyl (C=O) groups excluding carboxylic acids is 1. The number of rotatable bonds is 7. The first kappa shape index (κ1) is 21.3. The van der Waals surface area contributed by atoms with Crippen LogP contribution < -0.4 is 0 Å². The van der Waals surface area contributed by atoms with Crippen LogP contribution in [-0.4, -0.2) is 38.5 Å². The SMILES string of the molecule is CC(C)CCC=C1CCC2(CC1)SCC(C(=O)O)N2C(=O)CCC(C)C. The number of hydrogen-bond acceptors (Lipinski definition) is 3. The van der Waals surface area contributed by atoms with Gasteiger partial charge in [0.05, 0.1) is 4.87 Å². The molecule has 1 aliphatic carbocycles. The molecule has 0 bridgehead atoms. The molecule has 1 saturated heterocycles. The third-order valence-electron chi connectivity index (χ3n) is 5.60. The summed E-state index contributed by atoms with van der Waals surface area (Å²) in [5, 5.41) is 9.63. The van der Waals surface area contributed by atoms with Gasteiger partial charge in [0.15, 0.2) is 0 Å². The first-order valence-electron chi connectivity index (χ1n) is 10.1. The summed E-state index contributed by atoms with van der Waals surface area (Å²) in [5.74, 6) is 0.872. The predicted molar refractivity (Wildman–Crippen MR) is 108 cm³/mol. The number of allylic oxidation sites excluding steroid dienone is 2. The molecule has 1 aliphatic heterocycles. The van der Waals surface area contributed by atoms with E-state index in [-0.39, 0.29) is 10.8 Å². The van der Waals surface area contributed by atoms with Gasteiger partial charge in [-0.2, -0.15) is 0 Å². The molecule has 26 heavy (non-hydrogen) atoms. The number of carboxylic acid groups (broad SMARTS) is 1. The largest absolute Gasteiger partial charge is 0.480 e. The molecule has 1 spiro atoms. The summed E-state index contributed by atoms with van der Waals surface area (Å²) in [4.78, 5) is 26.1. The maximum Gasteiger partial charge on any atom is 0.327 e. The Balaban J connectivity index is 2.06. The van der Waals surface area contributed by atoms with Gasteiger partial charge >= 0.3 is 5.97 Å². The Labute approximate surface area is 162 Å². The quantitative estimate of drug-likeness (QED) is 0.625. The molecule has 148 valence electrons. The lowest BCUT2D eigenvalue weighted by atomic mass is 9.87. The normalized spacial score (nSPS) is 26.2. The number of amides is 1. The predicted octanol–water partition coefficient (Wildman–Crippen LogP) is 5.08. The van der Waals surface area contributed by atoms with E-state index in [1.165, 1.54) is 12.0 Å². The Morgan fingerprint density at radius 2 is 1.81 bits per heavy atom. The van der Waals surface area contributed by atoms with Crippen molar-refractivity contribution in [1.29, 1.82) is 0 Å². The van der Waals surface area contributed by atoms with Crippen LogP contribution in [0.5, 0.6) is 0 Å². The van der Waals surface area contributed by atoms with E-state index in [4.69, 9.17) is 0 Å². The Kier molecular flexibility index (Phi) is 7.63. The van der Waals surface area contributed by atoms with Crippen LogP contribution in [0.1, 0.15) is 79.1 Å². The molecule has 1 N–H and O–H groups in total. The van der Waals surface area contributed by atoms with Crippen molar-refractivity contribution in [2.45, 2.75) is 90.0 Å². The number of nitrogens with zero attached hydrogens (tertiary/aromatic N) is 1. The van der Waals surface area contributed by atoms with Crippen LogP contribution in [0, 0.1) is 11.8 Å². The van der Waals surface area contributed by atoms with Gasteiger partial charge in [-0.1, -0.05) is 39.3 Å². The van der Waals surface area contributed by atoms with Crippen LogP contribution >= 0.6 is 11.8 Å². The van der Waals surface area contributed by atoms with Crippen LogP contribution in [0.2, 0.25) is 0 Å². The highest BCUT2D eigenvalue weighted by atomic mass is 32.2.